The van der Waals surface area contributed by atoms with Gasteiger partial charge in [0.05, 0.1) is 6.61 Å². The molecule has 1 heterocycles. The fraction of sp³-hybridized carbons (Fsp3) is 1.00. The Bertz CT molecular complexity index is 109. The first-order valence-corrected chi connectivity index (χ1v) is 3.48. The lowest BCUT2D eigenvalue weighted by molar-refractivity contribution is 0.148. The van der Waals surface area contributed by atoms with Crippen LogP contribution in [0.15, 0.2) is 0 Å². The summed E-state index contributed by atoms with van der Waals surface area (Å²) in [5.41, 5.74) is 5.75. The molecule has 1 aliphatic rings. The van der Waals surface area contributed by atoms with Crippen LogP contribution in [0.25, 0.3) is 0 Å². The predicted molar refractivity (Wildman–Crippen MR) is 39.1 cm³/mol. The minimum Gasteiger partial charge on any atom is -0.384 e. The van der Waals surface area contributed by atoms with Crippen LogP contribution in [-0.2, 0) is 4.74 Å². The topological polar surface area (TPSA) is 64.5 Å². The highest BCUT2D eigenvalue weighted by atomic mass is 16.5. The van der Waals surface area contributed by atoms with Crippen LogP contribution in [0.3, 0.4) is 0 Å². The van der Waals surface area contributed by atoms with Crippen molar-refractivity contribution in [3.63, 3.8) is 0 Å². The van der Waals surface area contributed by atoms with Crippen LogP contribution >= 0.6 is 0 Å². The van der Waals surface area contributed by atoms with E-state index in [-0.39, 0.29) is 6.04 Å². The molecule has 4 nitrogen and oxygen atoms in total. The third kappa shape index (κ3) is 1.67. The Morgan fingerprint density at radius 1 is 1.60 bits per heavy atom. The zero-order valence-electron chi connectivity index (χ0n) is 6.29. The normalized spacial score (nSPS) is 35.1. The van der Waals surface area contributed by atoms with Gasteiger partial charge in [-0.05, 0) is 0 Å². The fourth-order valence-corrected chi connectivity index (χ4v) is 1.32. The average Bonchev–Trinajstić information content (AvgIpc) is 2.13. The molecule has 1 aliphatic heterocycles. The molecule has 60 valence electrons. The summed E-state index contributed by atoms with van der Waals surface area (Å²) in [5.74, 6) is 5.96. The van der Waals surface area contributed by atoms with Gasteiger partial charge in [-0.3, -0.25) is 5.84 Å². The smallest absolute Gasteiger partial charge is 0.0518 e. The fourth-order valence-electron chi connectivity index (χ4n) is 1.32. The van der Waals surface area contributed by atoms with Gasteiger partial charge in [-0.25, -0.2) is 5.01 Å². The maximum absolute atomic E-state index is 5.75. The molecule has 0 radical (unpaired) electrons. The molecule has 0 saturated carbocycles. The van der Waals surface area contributed by atoms with E-state index in [2.05, 4.69) is 0 Å². The van der Waals surface area contributed by atoms with Gasteiger partial charge >= 0.3 is 0 Å². The molecule has 0 amide bonds. The molecule has 2 unspecified atom stereocenters. The molecule has 1 fully saturated rings. The number of rotatable bonds is 2. The lowest BCUT2D eigenvalue weighted by Gasteiger charge is -2.11. The largest absolute Gasteiger partial charge is 0.384 e. The third-order valence-electron chi connectivity index (χ3n) is 1.90. The summed E-state index contributed by atoms with van der Waals surface area (Å²) in [6.45, 7) is 2.36. The van der Waals surface area contributed by atoms with Crippen molar-refractivity contribution in [2.75, 3.05) is 26.8 Å². The molecular weight excluding hydrogens is 130 g/mol. The highest BCUT2D eigenvalue weighted by Crippen LogP contribution is 2.11. The molecule has 1 rings (SSSR count). The summed E-state index contributed by atoms with van der Waals surface area (Å²) in [4.78, 5) is 0. The summed E-state index contributed by atoms with van der Waals surface area (Å²) in [7, 11) is 1.69. The SMILES string of the molecule is COCC1CN(N)CC1N. The molecule has 4 heteroatoms. The van der Waals surface area contributed by atoms with E-state index in [1.54, 1.807) is 12.1 Å². The van der Waals surface area contributed by atoms with E-state index in [0.717, 1.165) is 19.7 Å². The second kappa shape index (κ2) is 3.30. The van der Waals surface area contributed by atoms with Crippen LogP contribution in [0.2, 0.25) is 0 Å². The van der Waals surface area contributed by atoms with E-state index in [1.165, 1.54) is 0 Å². The Labute approximate surface area is 61.1 Å². The second-order valence-electron chi connectivity index (χ2n) is 2.83. The van der Waals surface area contributed by atoms with Crippen molar-refractivity contribution in [3.8, 4) is 0 Å². The van der Waals surface area contributed by atoms with Gasteiger partial charge in [-0.15, -0.1) is 0 Å². The van der Waals surface area contributed by atoms with Gasteiger partial charge in [-0.1, -0.05) is 0 Å². The van der Waals surface area contributed by atoms with Crippen molar-refractivity contribution in [1.82, 2.24) is 5.01 Å². The van der Waals surface area contributed by atoms with Crippen molar-refractivity contribution in [3.05, 3.63) is 0 Å². The van der Waals surface area contributed by atoms with E-state index in [0.29, 0.717) is 5.92 Å². The minimum atomic E-state index is 0.185. The number of hydrazine groups is 1. The first-order valence-electron chi connectivity index (χ1n) is 3.48. The predicted octanol–water partition coefficient (Wildman–Crippen LogP) is -1.23. The monoisotopic (exact) mass is 145 g/mol. The second-order valence-corrected chi connectivity index (χ2v) is 2.83. The molecule has 0 bridgehead atoms. The van der Waals surface area contributed by atoms with Gasteiger partial charge in [0, 0.05) is 32.2 Å². The first-order chi connectivity index (χ1) is 4.74. The molecule has 0 aromatic rings. The highest BCUT2D eigenvalue weighted by molar-refractivity contribution is 4.83. The van der Waals surface area contributed by atoms with Gasteiger partial charge in [0.15, 0.2) is 0 Å². The number of hydrogen-bond acceptors (Lipinski definition) is 4. The van der Waals surface area contributed by atoms with Gasteiger partial charge in [0.25, 0.3) is 0 Å². The maximum atomic E-state index is 5.75. The summed E-state index contributed by atoms with van der Waals surface area (Å²) in [5, 5.41) is 1.74. The molecule has 0 aromatic heterocycles. The molecule has 1 saturated heterocycles. The van der Waals surface area contributed by atoms with Crippen LogP contribution in [0, 0.1) is 5.92 Å². The van der Waals surface area contributed by atoms with Crippen molar-refractivity contribution in [1.29, 1.82) is 0 Å². The number of hydrogen-bond donors (Lipinski definition) is 2. The van der Waals surface area contributed by atoms with Crippen molar-refractivity contribution in [2.45, 2.75) is 6.04 Å². The van der Waals surface area contributed by atoms with Crippen LogP contribution in [-0.4, -0.2) is 37.9 Å². The average molecular weight is 145 g/mol. The van der Waals surface area contributed by atoms with Crippen molar-refractivity contribution >= 4 is 0 Å². The Morgan fingerprint density at radius 3 is 2.70 bits per heavy atom. The van der Waals surface area contributed by atoms with Gasteiger partial charge in [-0.2, -0.15) is 0 Å². The molecule has 10 heavy (non-hydrogen) atoms. The Balaban J connectivity index is 2.31. The van der Waals surface area contributed by atoms with Crippen molar-refractivity contribution in [2.24, 2.45) is 17.5 Å². The quantitative estimate of drug-likeness (QED) is 0.477. The van der Waals surface area contributed by atoms with E-state index in [4.69, 9.17) is 16.3 Å². The van der Waals surface area contributed by atoms with Crippen LogP contribution in [0.5, 0.6) is 0 Å². The Kier molecular flexibility index (Phi) is 2.62. The van der Waals surface area contributed by atoms with Gasteiger partial charge in [0.1, 0.15) is 0 Å². The van der Waals surface area contributed by atoms with Crippen molar-refractivity contribution < 1.29 is 4.74 Å². The lowest BCUT2D eigenvalue weighted by Crippen LogP contribution is -2.32. The first kappa shape index (κ1) is 7.94. The van der Waals surface area contributed by atoms with Crippen LogP contribution in [0.4, 0.5) is 0 Å². The molecule has 2 atom stereocenters. The number of methoxy groups -OCH3 is 1. The zero-order valence-corrected chi connectivity index (χ0v) is 6.29. The van der Waals surface area contributed by atoms with Gasteiger partial charge < -0.3 is 10.5 Å². The maximum Gasteiger partial charge on any atom is 0.0518 e. The Hall–Kier alpha value is -0.160. The minimum absolute atomic E-state index is 0.185. The summed E-state index contributed by atoms with van der Waals surface area (Å²) in [6.07, 6.45) is 0. The molecule has 0 aliphatic carbocycles. The summed E-state index contributed by atoms with van der Waals surface area (Å²) in [6, 6.07) is 0.185. The van der Waals surface area contributed by atoms with Crippen LogP contribution in [0.1, 0.15) is 0 Å². The molecule has 0 aromatic carbocycles. The number of ether oxygens (including phenoxy) is 1. The summed E-state index contributed by atoms with van der Waals surface area (Å²) < 4.78 is 4.98. The highest BCUT2D eigenvalue weighted by Gasteiger charge is 2.27. The molecule has 0 spiro atoms. The molecular formula is C6H15N3O. The Morgan fingerprint density at radius 2 is 2.30 bits per heavy atom. The number of nitrogens with zero attached hydrogens (tertiary/aromatic N) is 1. The number of nitrogens with two attached hydrogens (primary N) is 2. The van der Waals surface area contributed by atoms with Gasteiger partial charge in [0.2, 0.25) is 0 Å². The molecule has 4 N–H and O–H groups in total. The zero-order chi connectivity index (χ0) is 7.56. The third-order valence-corrected chi connectivity index (χ3v) is 1.90. The van der Waals surface area contributed by atoms with E-state index in [9.17, 15) is 0 Å². The standard InChI is InChI=1S/C6H15N3O/c1-10-4-5-2-9(8)3-6(5)7/h5-6H,2-4,7-8H2,1H3. The van der Waals surface area contributed by atoms with Crippen LogP contribution < -0.4 is 11.6 Å². The summed E-state index contributed by atoms with van der Waals surface area (Å²) >= 11 is 0. The van der Waals surface area contributed by atoms with E-state index < -0.39 is 0 Å². The van der Waals surface area contributed by atoms with E-state index >= 15 is 0 Å². The lowest BCUT2D eigenvalue weighted by atomic mass is 10.1. The van der Waals surface area contributed by atoms with E-state index in [1.807, 2.05) is 0 Å².